The van der Waals surface area contributed by atoms with Crippen LogP contribution in [0.15, 0.2) is 0 Å². The predicted molar refractivity (Wildman–Crippen MR) is 77.9 cm³/mol. The monoisotopic (exact) mass is 270 g/mol. The summed E-state index contributed by atoms with van der Waals surface area (Å²) < 4.78 is 0. The van der Waals surface area contributed by atoms with Gasteiger partial charge < -0.3 is 10.6 Å². The van der Waals surface area contributed by atoms with Crippen LogP contribution >= 0.6 is 11.8 Å². The molecule has 0 spiro atoms. The van der Waals surface area contributed by atoms with E-state index in [-0.39, 0.29) is 5.91 Å². The number of thioether (sulfide) groups is 1. The topological polar surface area (TPSA) is 41.1 Å². The van der Waals surface area contributed by atoms with Gasteiger partial charge in [-0.3, -0.25) is 4.79 Å². The van der Waals surface area contributed by atoms with Crippen LogP contribution in [-0.4, -0.2) is 36.5 Å². The SMILES string of the molecule is CC(NC(=O)CC1CCSCC1)C1CCCNC1. The van der Waals surface area contributed by atoms with E-state index in [1.165, 1.54) is 37.2 Å². The number of amides is 1. The van der Waals surface area contributed by atoms with E-state index in [1.54, 1.807) is 0 Å². The first-order chi connectivity index (χ1) is 8.75. The highest BCUT2D eigenvalue weighted by atomic mass is 32.2. The Morgan fingerprint density at radius 1 is 1.39 bits per heavy atom. The molecule has 104 valence electrons. The Hall–Kier alpha value is -0.220. The van der Waals surface area contributed by atoms with Crippen molar-refractivity contribution in [2.75, 3.05) is 24.6 Å². The molecular formula is C14H26N2OS. The van der Waals surface area contributed by atoms with Crippen LogP contribution in [0.1, 0.15) is 39.0 Å². The molecule has 2 unspecified atom stereocenters. The molecule has 4 heteroatoms. The van der Waals surface area contributed by atoms with E-state index in [0.717, 1.165) is 19.5 Å². The predicted octanol–water partition coefficient (Wildman–Crippen LogP) is 2.02. The average Bonchev–Trinajstić information content (AvgIpc) is 2.40. The van der Waals surface area contributed by atoms with Crippen LogP contribution < -0.4 is 10.6 Å². The van der Waals surface area contributed by atoms with Crippen LogP contribution in [0.4, 0.5) is 0 Å². The van der Waals surface area contributed by atoms with E-state index in [0.29, 0.717) is 17.9 Å². The van der Waals surface area contributed by atoms with Crippen LogP contribution in [-0.2, 0) is 4.79 Å². The van der Waals surface area contributed by atoms with Crippen molar-refractivity contribution in [3.63, 3.8) is 0 Å². The molecule has 0 aliphatic carbocycles. The second kappa shape index (κ2) is 7.39. The van der Waals surface area contributed by atoms with Crippen molar-refractivity contribution < 1.29 is 4.79 Å². The number of piperidine rings is 1. The molecule has 2 atom stereocenters. The zero-order valence-electron chi connectivity index (χ0n) is 11.4. The summed E-state index contributed by atoms with van der Waals surface area (Å²) in [5.74, 6) is 3.98. The van der Waals surface area contributed by atoms with Crippen molar-refractivity contribution in [2.24, 2.45) is 11.8 Å². The first-order valence-electron chi connectivity index (χ1n) is 7.33. The minimum absolute atomic E-state index is 0.268. The first kappa shape index (κ1) is 14.2. The first-order valence-corrected chi connectivity index (χ1v) is 8.49. The van der Waals surface area contributed by atoms with Crippen molar-refractivity contribution >= 4 is 17.7 Å². The molecule has 2 fully saturated rings. The normalized spacial score (nSPS) is 27.7. The van der Waals surface area contributed by atoms with Gasteiger partial charge in [-0.15, -0.1) is 0 Å². The van der Waals surface area contributed by atoms with Gasteiger partial charge in [0.15, 0.2) is 0 Å². The number of carbonyl (C=O) groups is 1. The van der Waals surface area contributed by atoms with Gasteiger partial charge >= 0.3 is 0 Å². The van der Waals surface area contributed by atoms with E-state index >= 15 is 0 Å². The maximum absolute atomic E-state index is 12.0. The van der Waals surface area contributed by atoms with E-state index in [2.05, 4.69) is 17.6 Å². The summed E-state index contributed by atoms with van der Waals surface area (Å²) in [6, 6.07) is 0.322. The van der Waals surface area contributed by atoms with Crippen LogP contribution in [0.3, 0.4) is 0 Å². The highest BCUT2D eigenvalue weighted by Gasteiger charge is 2.23. The fourth-order valence-corrected chi connectivity index (χ4v) is 4.15. The summed E-state index contributed by atoms with van der Waals surface area (Å²) in [5, 5.41) is 6.63. The summed E-state index contributed by atoms with van der Waals surface area (Å²) in [6.45, 7) is 4.35. The number of nitrogens with one attached hydrogen (secondary N) is 2. The van der Waals surface area contributed by atoms with Crippen molar-refractivity contribution in [2.45, 2.75) is 45.1 Å². The second-order valence-electron chi connectivity index (χ2n) is 5.72. The lowest BCUT2D eigenvalue weighted by atomic mass is 9.92. The fraction of sp³-hybridized carbons (Fsp3) is 0.929. The zero-order chi connectivity index (χ0) is 12.8. The summed E-state index contributed by atoms with van der Waals surface area (Å²) in [6.07, 6.45) is 5.67. The Bertz CT molecular complexity index is 261. The average molecular weight is 270 g/mol. The zero-order valence-corrected chi connectivity index (χ0v) is 12.2. The Morgan fingerprint density at radius 3 is 2.83 bits per heavy atom. The molecule has 1 amide bonds. The molecule has 2 aliphatic rings. The largest absolute Gasteiger partial charge is 0.353 e. The van der Waals surface area contributed by atoms with Gasteiger partial charge in [0.1, 0.15) is 0 Å². The van der Waals surface area contributed by atoms with Gasteiger partial charge in [-0.2, -0.15) is 11.8 Å². The lowest BCUT2D eigenvalue weighted by Gasteiger charge is -2.29. The lowest BCUT2D eigenvalue weighted by Crippen LogP contribution is -2.45. The van der Waals surface area contributed by atoms with Crippen molar-refractivity contribution in [3.8, 4) is 0 Å². The number of carbonyl (C=O) groups excluding carboxylic acids is 1. The summed E-state index contributed by atoms with van der Waals surface area (Å²) >= 11 is 2.02. The van der Waals surface area contributed by atoms with Gasteiger partial charge in [0.05, 0.1) is 0 Å². The van der Waals surface area contributed by atoms with Crippen molar-refractivity contribution in [3.05, 3.63) is 0 Å². The van der Waals surface area contributed by atoms with E-state index in [9.17, 15) is 4.79 Å². The van der Waals surface area contributed by atoms with Gasteiger partial charge in [-0.25, -0.2) is 0 Å². The number of hydrogen-bond donors (Lipinski definition) is 2. The van der Waals surface area contributed by atoms with Gasteiger partial charge in [0.25, 0.3) is 0 Å². The van der Waals surface area contributed by atoms with E-state index in [1.807, 2.05) is 11.8 Å². The van der Waals surface area contributed by atoms with Gasteiger partial charge in [-0.05, 0) is 69.0 Å². The van der Waals surface area contributed by atoms with Gasteiger partial charge in [-0.1, -0.05) is 0 Å². The number of rotatable bonds is 4. The Morgan fingerprint density at radius 2 is 2.17 bits per heavy atom. The molecule has 0 aromatic rings. The Labute approximate surface area is 115 Å². The molecule has 2 saturated heterocycles. The minimum Gasteiger partial charge on any atom is -0.353 e. The minimum atomic E-state index is 0.268. The van der Waals surface area contributed by atoms with Crippen molar-refractivity contribution in [1.29, 1.82) is 0 Å². The third-order valence-corrected chi connectivity index (χ3v) is 5.29. The molecule has 0 bridgehead atoms. The molecule has 2 rings (SSSR count). The smallest absolute Gasteiger partial charge is 0.220 e. The van der Waals surface area contributed by atoms with E-state index < -0.39 is 0 Å². The summed E-state index contributed by atoms with van der Waals surface area (Å²) in [4.78, 5) is 12.0. The lowest BCUT2D eigenvalue weighted by molar-refractivity contribution is -0.123. The van der Waals surface area contributed by atoms with Crippen LogP contribution in [0.25, 0.3) is 0 Å². The fourth-order valence-electron chi connectivity index (χ4n) is 2.95. The quantitative estimate of drug-likeness (QED) is 0.821. The van der Waals surface area contributed by atoms with Crippen LogP contribution in [0, 0.1) is 11.8 Å². The molecule has 0 aromatic heterocycles. The maximum Gasteiger partial charge on any atom is 0.220 e. The molecule has 2 aliphatic heterocycles. The van der Waals surface area contributed by atoms with Crippen LogP contribution in [0.5, 0.6) is 0 Å². The highest BCUT2D eigenvalue weighted by Crippen LogP contribution is 2.25. The second-order valence-corrected chi connectivity index (χ2v) is 6.95. The third-order valence-electron chi connectivity index (χ3n) is 4.25. The molecule has 18 heavy (non-hydrogen) atoms. The van der Waals surface area contributed by atoms with Gasteiger partial charge in [0, 0.05) is 12.5 Å². The van der Waals surface area contributed by atoms with E-state index in [4.69, 9.17) is 0 Å². The molecule has 2 heterocycles. The Kier molecular flexibility index (Phi) is 5.83. The number of hydrogen-bond acceptors (Lipinski definition) is 3. The molecule has 0 aromatic carbocycles. The summed E-state index contributed by atoms with van der Waals surface area (Å²) in [5.41, 5.74) is 0. The molecular weight excluding hydrogens is 244 g/mol. The Balaban J connectivity index is 1.68. The third kappa shape index (κ3) is 4.47. The highest BCUT2D eigenvalue weighted by molar-refractivity contribution is 7.99. The molecule has 0 saturated carbocycles. The van der Waals surface area contributed by atoms with Crippen molar-refractivity contribution in [1.82, 2.24) is 10.6 Å². The maximum atomic E-state index is 12.0. The standard InChI is InChI=1S/C14H26N2OS/c1-11(13-3-2-6-15-10-13)16-14(17)9-12-4-7-18-8-5-12/h11-13,15H,2-10H2,1H3,(H,16,17). The molecule has 0 radical (unpaired) electrons. The summed E-state index contributed by atoms with van der Waals surface area (Å²) in [7, 11) is 0. The van der Waals surface area contributed by atoms with Gasteiger partial charge in [0.2, 0.25) is 5.91 Å². The van der Waals surface area contributed by atoms with Crippen LogP contribution in [0.2, 0.25) is 0 Å². The molecule has 3 nitrogen and oxygen atoms in total. The molecule has 2 N–H and O–H groups in total.